The van der Waals surface area contributed by atoms with Crippen molar-refractivity contribution in [1.29, 1.82) is 0 Å². The first kappa shape index (κ1) is 9.37. The molecule has 0 aliphatic rings. The predicted octanol–water partition coefficient (Wildman–Crippen LogP) is 1.26. The largest absolute Gasteiger partial charge is 0.296 e. The van der Waals surface area contributed by atoms with Gasteiger partial charge in [0.05, 0.1) is 12.4 Å². The van der Waals surface area contributed by atoms with E-state index >= 15 is 0 Å². The van der Waals surface area contributed by atoms with Crippen LogP contribution in [0.25, 0.3) is 0 Å². The van der Waals surface area contributed by atoms with Crippen LogP contribution in [0.5, 0.6) is 0 Å². The van der Waals surface area contributed by atoms with Gasteiger partial charge in [-0.25, -0.2) is 18.8 Å². The number of aromatic nitrogens is 2. The number of amides is 1. The Morgan fingerprint density at radius 2 is 2.15 bits per heavy atom. The van der Waals surface area contributed by atoms with Gasteiger partial charge < -0.3 is 0 Å². The van der Waals surface area contributed by atoms with Crippen molar-refractivity contribution in [1.82, 2.24) is 9.97 Å². The molecule has 0 radical (unpaired) electrons. The number of carbonyl (C=O) groups excluding carboxylic acids is 1. The topological polar surface area (TPSA) is 55.2 Å². The standard InChI is InChI=1S/C7H5F2N3O/c1-10-7(13)5-3-11-4(2-12-5)6(8)9/h2-3,6H,1H2. The number of nitrogens with zero attached hydrogens (tertiary/aromatic N) is 3. The Balaban J connectivity index is 2.93. The van der Waals surface area contributed by atoms with E-state index in [2.05, 4.69) is 21.7 Å². The third-order valence-corrected chi connectivity index (χ3v) is 1.26. The van der Waals surface area contributed by atoms with Gasteiger partial charge in [-0.2, -0.15) is 0 Å². The maximum Gasteiger partial charge on any atom is 0.296 e. The maximum atomic E-state index is 12.0. The molecule has 0 aliphatic heterocycles. The van der Waals surface area contributed by atoms with E-state index < -0.39 is 18.0 Å². The molecule has 1 amide bonds. The van der Waals surface area contributed by atoms with Gasteiger partial charge in [0, 0.05) is 0 Å². The SMILES string of the molecule is C=NC(=O)c1cnc(C(F)F)cn1. The molecule has 0 saturated carbocycles. The molecular formula is C7H5F2N3O. The second kappa shape index (κ2) is 3.79. The van der Waals surface area contributed by atoms with Gasteiger partial charge in [-0.05, 0) is 6.72 Å². The quantitative estimate of drug-likeness (QED) is 0.651. The van der Waals surface area contributed by atoms with Crippen molar-refractivity contribution in [3.63, 3.8) is 0 Å². The van der Waals surface area contributed by atoms with Crippen LogP contribution in [0.4, 0.5) is 8.78 Å². The van der Waals surface area contributed by atoms with Crippen molar-refractivity contribution in [2.75, 3.05) is 0 Å². The highest BCUT2D eigenvalue weighted by atomic mass is 19.3. The van der Waals surface area contributed by atoms with E-state index in [0.717, 1.165) is 12.4 Å². The molecule has 0 fully saturated rings. The normalized spacial score (nSPS) is 10.1. The van der Waals surface area contributed by atoms with Gasteiger partial charge in [0.15, 0.2) is 0 Å². The van der Waals surface area contributed by atoms with E-state index in [9.17, 15) is 13.6 Å². The summed E-state index contributed by atoms with van der Waals surface area (Å²) in [5.41, 5.74) is -0.569. The number of hydrogen-bond acceptors (Lipinski definition) is 3. The summed E-state index contributed by atoms with van der Waals surface area (Å²) in [6.45, 7) is 2.98. The van der Waals surface area contributed by atoms with Gasteiger partial charge in [0.25, 0.3) is 12.3 Å². The lowest BCUT2D eigenvalue weighted by atomic mass is 10.4. The molecule has 6 heteroatoms. The highest BCUT2D eigenvalue weighted by Gasteiger charge is 2.10. The van der Waals surface area contributed by atoms with Crippen molar-refractivity contribution >= 4 is 12.6 Å². The summed E-state index contributed by atoms with van der Waals surface area (Å²) in [6, 6.07) is 0. The lowest BCUT2D eigenvalue weighted by Gasteiger charge is -1.97. The Kier molecular flexibility index (Phi) is 2.73. The van der Waals surface area contributed by atoms with Crippen LogP contribution in [0.3, 0.4) is 0 Å². The van der Waals surface area contributed by atoms with Crippen molar-refractivity contribution in [2.45, 2.75) is 6.43 Å². The molecule has 0 aromatic carbocycles. The number of carbonyl (C=O) groups is 1. The van der Waals surface area contributed by atoms with Gasteiger partial charge in [-0.1, -0.05) is 0 Å². The molecule has 1 aromatic heterocycles. The minimum absolute atomic E-state index is 0.0978. The summed E-state index contributed by atoms with van der Waals surface area (Å²) in [5, 5.41) is 0. The number of rotatable bonds is 2. The second-order valence-corrected chi connectivity index (χ2v) is 2.09. The van der Waals surface area contributed by atoms with Crippen LogP contribution < -0.4 is 0 Å². The Labute approximate surface area is 72.4 Å². The molecule has 13 heavy (non-hydrogen) atoms. The molecule has 0 saturated heterocycles. The van der Waals surface area contributed by atoms with Gasteiger partial charge in [-0.3, -0.25) is 9.78 Å². The fraction of sp³-hybridized carbons (Fsp3) is 0.143. The molecule has 0 bridgehead atoms. The van der Waals surface area contributed by atoms with Crippen LogP contribution in [0.2, 0.25) is 0 Å². The molecule has 0 spiro atoms. The van der Waals surface area contributed by atoms with Crippen molar-refractivity contribution in [3.05, 3.63) is 23.8 Å². The molecule has 1 rings (SSSR count). The zero-order valence-electron chi connectivity index (χ0n) is 6.44. The molecule has 0 N–H and O–H groups in total. The number of aliphatic imine (C=N–C) groups is 1. The summed E-state index contributed by atoms with van der Waals surface area (Å²) in [4.78, 5) is 20.6. The van der Waals surface area contributed by atoms with Crippen LogP contribution in [0, 0.1) is 0 Å². The molecule has 68 valence electrons. The lowest BCUT2D eigenvalue weighted by molar-refractivity contribution is 0.0997. The Hall–Kier alpha value is -1.72. The van der Waals surface area contributed by atoms with E-state index in [1.54, 1.807) is 0 Å². The van der Waals surface area contributed by atoms with Crippen LogP contribution in [-0.4, -0.2) is 22.6 Å². The van der Waals surface area contributed by atoms with Crippen LogP contribution in [0.15, 0.2) is 17.4 Å². The zero-order chi connectivity index (χ0) is 9.84. The molecular weight excluding hydrogens is 180 g/mol. The summed E-state index contributed by atoms with van der Waals surface area (Å²) < 4.78 is 23.9. The molecule has 0 atom stereocenters. The first-order valence-corrected chi connectivity index (χ1v) is 3.26. The van der Waals surface area contributed by atoms with Gasteiger partial charge in [0.1, 0.15) is 11.4 Å². The van der Waals surface area contributed by atoms with E-state index in [1.807, 2.05) is 0 Å². The van der Waals surface area contributed by atoms with Crippen molar-refractivity contribution in [3.8, 4) is 0 Å². The minimum Gasteiger partial charge on any atom is -0.265 e. The Bertz CT molecular complexity index is 323. The zero-order valence-corrected chi connectivity index (χ0v) is 6.44. The molecule has 0 unspecified atom stereocenters. The first-order chi connectivity index (χ1) is 6.15. The van der Waals surface area contributed by atoms with E-state index in [1.165, 1.54) is 0 Å². The minimum atomic E-state index is -2.69. The van der Waals surface area contributed by atoms with Crippen LogP contribution in [-0.2, 0) is 0 Å². The fourth-order valence-corrected chi connectivity index (χ4v) is 0.642. The Morgan fingerprint density at radius 1 is 1.46 bits per heavy atom. The molecule has 1 aromatic rings. The number of hydrogen-bond donors (Lipinski definition) is 0. The highest BCUT2D eigenvalue weighted by molar-refractivity contribution is 5.94. The van der Waals surface area contributed by atoms with E-state index in [4.69, 9.17) is 0 Å². The average molecular weight is 185 g/mol. The van der Waals surface area contributed by atoms with Crippen LogP contribution >= 0.6 is 0 Å². The summed E-state index contributed by atoms with van der Waals surface area (Å²) in [5.74, 6) is -0.687. The molecule has 0 aliphatic carbocycles. The van der Waals surface area contributed by atoms with Crippen LogP contribution in [0.1, 0.15) is 22.6 Å². The third-order valence-electron chi connectivity index (χ3n) is 1.26. The first-order valence-electron chi connectivity index (χ1n) is 3.26. The summed E-state index contributed by atoms with van der Waals surface area (Å²) in [7, 11) is 0. The molecule has 1 heterocycles. The van der Waals surface area contributed by atoms with Crippen molar-refractivity contribution < 1.29 is 13.6 Å². The third kappa shape index (κ3) is 2.11. The molecule has 4 nitrogen and oxygen atoms in total. The monoisotopic (exact) mass is 185 g/mol. The lowest BCUT2D eigenvalue weighted by Crippen LogP contribution is -2.01. The smallest absolute Gasteiger partial charge is 0.265 e. The summed E-state index contributed by atoms with van der Waals surface area (Å²) >= 11 is 0. The second-order valence-electron chi connectivity index (χ2n) is 2.09. The van der Waals surface area contributed by atoms with Gasteiger partial charge in [-0.15, -0.1) is 0 Å². The Morgan fingerprint density at radius 3 is 2.54 bits per heavy atom. The van der Waals surface area contributed by atoms with E-state index in [0.29, 0.717) is 0 Å². The summed E-state index contributed by atoms with van der Waals surface area (Å²) in [6.07, 6.45) is -0.907. The average Bonchev–Trinajstić information content (AvgIpc) is 2.17. The fourth-order valence-electron chi connectivity index (χ4n) is 0.642. The number of alkyl halides is 2. The predicted molar refractivity (Wildman–Crippen MR) is 40.9 cm³/mol. The number of halogens is 2. The maximum absolute atomic E-state index is 12.0. The van der Waals surface area contributed by atoms with Crippen molar-refractivity contribution in [2.24, 2.45) is 4.99 Å². The highest BCUT2D eigenvalue weighted by Crippen LogP contribution is 2.14. The van der Waals surface area contributed by atoms with Gasteiger partial charge in [0.2, 0.25) is 0 Å². The van der Waals surface area contributed by atoms with E-state index in [-0.39, 0.29) is 5.69 Å². The van der Waals surface area contributed by atoms with Gasteiger partial charge >= 0.3 is 0 Å².